The second-order valence-corrected chi connectivity index (χ2v) is 6.64. The molecule has 114 valence electrons. The Kier molecular flexibility index (Phi) is 5.69. The maximum Gasteiger partial charge on any atom is 0.144 e. The van der Waals surface area contributed by atoms with Crippen molar-refractivity contribution >= 4 is 11.4 Å². The van der Waals surface area contributed by atoms with Crippen LogP contribution in [0.2, 0.25) is 0 Å². The number of rotatable bonds is 7. The molecule has 0 unspecified atom stereocenters. The minimum absolute atomic E-state index is 0.123. The Bertz CT molecular complexity index is 428. The van der Waals surface area contributed by atoms with Gasteiger partial charge < -0.3 is 20.7 Å². The second kappa shape index (κ2) is 6.84. The molecule has 0 heterocycles. The first-order chi connectivity index (χ1) is 9.21. The van der Waals surface area contributed by atoms with Gasteiger partial charge in [-0.3, -0.25) is 0 Å². The van der Waals surface area contributed by atoms with E-state index in [-0.39, 0.29) is 11.5 Å². The zero-order chi connectivity index (χ0) is 15.3. The van der Waals surface area contributed by atoms with Crippen molar-refractivity contribution in [1.82, 2.24) is 4.90 Å². The van der Waals surface area contributed by atoms with Crippen molar-refractivity contribution in [1.29, 1.82) is 0 Å². The number of nitrogen functional groups attached to an aromatic ring is 1. The number of hydrogen-bond donors (Lipinski definition) is 2. The lowest BCUT2D eigenvalue weighted by Crippen LogP contribution is -2.34. The van der Waals surface area contributed by atoms with E-state index in [0.717, 1.165) is 24.5 Å². The highest BCUT2D eigenvalue weighted by Crippen LogP contribution is 2.31. The van der Waals surface area contributed by atoms with Crippen molar-refractivity contribution in [3.8, 4) is 5.75 Å². The molecule has 20 heavy (non-hydrogen) atoms. The van der Waals surface area contributed by atoms with Crippen LogP contribution in [-0.2, 0) is 0 Å². The lowest BCUT2D eigenvalue weighted by Gasteiger charge is -2.29. The summed E-state index contributed by atoms with van der Waals surface area (Å²) in [4.78, 5) is 2.20. The summed E-state index contributed by atoms with van der Waals surface area (Å²) in [5.74, 6) is 0.746. The standard InChI is InChI=1S/C16H29N3O/c1-12(2)20-14-9-7-8-13(15(14)17)18-10-16(3,4)11-19(5)6/h7-9,12,18H,10-11,17H2,1-6H3. The summed E-state index contributed by atoms with van der Waals surface area (Å²) in [6, 6.07) is 5.87. The van der Waals surface area contributed by atoms with Crippen molar-refractivity contribution in [3.05, 3.63) is 18.2 Å². The van der Waals surface area contributed by atoms with E-state index in [0.29, 0.717) is 5.69 Å². The molecule has 1 rings (SSSR count). The van der Waals surface area contributed by atoms with Gasteiger partial charge in [0.05, 0.1) is 17.5 Å². The molecule has 3 N–H and O–H groups in total. The van der Waals surface area contributed by atoms with Gasteiger partial charge in [-0.15, -0.1) is 0 Å². The molecular weight excluding hydrogens is 250 g/mol. The van der Waals surface area contributed by atoms with E-state index in [1.54, 1.807) is 0 Å². The Morgan fingerprint density at radius 3 is 2.50 bits per heavy atom. The highest BCUT2D eigenvalue weighted by Gasteiger charge is 2.19. The summed E-state index contributed by atoms with van der Waals surface area (Å²) >= 11 is 0. The predicted molar refractivity (Wildman–Crippen MR) is 87.4 cm³/mol. The normalized spacial score (nSPS) is 12.0. The third-order valence-corrected chi connectivity index (χ3v) is 2.93. The quantitative estimate of drug-likeness (QED) is 0.753. The molecule has 1 aromatic rings. The molecule has 0 atom stereocenters. The third kappa shape index (κ3) is 5.29. The molecule has 0 bridgehead atoms. The van der Waals surface area contributed by atoms with Crippen molar-refractivity contribution < 1.29 is 4.74 Å². The number of anilines is 2. The topological polar surface area (TPSA) is 50.5 Å². The molecule has 0 aliphatic rings. The van der Waals surface area contributed by atoms with E-state index in [1.807, 2.05) is 32.0 Å². The number of ether oxygens (including phenoxy) is 1. The SMILES string of the molecule is CC(C)Oc1cccc(NCC(C)(C)CN(C)C)c1N. The van der Waals surface area contributed by atoms with E-state index in [4.69, 9.17) is 10.5 Å². The molecule has 0 spiro atoms. The summed E-state index contributed by atoms with van der Waals surface area (Å²) in [6.45, 7) is 10.4. The number of para-hydroxylation sites is 1. The largest absolute Gasteiger partial charge is 0.489 e. The van der Waals surface area contributed by atoms with Crippen LogP contribution in [0.4, 0.5) is 11.4 Å². The van der Waals surface area contributed by atoms with Gasteiger partial charge in [0.15, 0.2) is 0 Å². The number of hydrogen-bond acceptors (Lipinski definition) is 4. The number of nitrogens with one attached hydrogen (secondary N) is 1. The first kappa shape index (κ1) is 16.6. The van der Waals surface area contributed by atoms with Gasteiger partial charge in [-0.2, -0.15) is 0 Å². The summed E-state index contributed by atoms with van der Waals surface area (Å²) in [5.41, 5.74) is 7.96. The number of nitrogens with two attached hydrogens (primary N) is 1. The Labute approximate surface area is 123 Å². The molecule has 0 saturated carbocycles. The molecule has 0 fully saturated rings. The van der Waals surface area contributed by atoms with Gasteiger partial charge in [0.1, 0.15) is 5.75 Å². The van der Waals surface area contributed by atoms with Gasteiger partial charge >= 0.3 is 0 Å². The molecule has 0 aliphatic heterocycles. The monoisotopic (exact) mass is 279 g/mol. The minimum Gasteiger partial charge on any atom is -0.489 e. The van der Waals surface area contributed by atoms with E-state index in [1.165, 1.54) is 0 Å². The van der Waals surface area contributed by atoms with E-state index in [9.17, 15) is 0 Å². The Balaban J connectivity index is 2.73. The van der Waals surface area contributed by atoms with Crippen LogP contribution in [0.3, 0.4) is 0 Å². The Morgan fingerprint density at radius 2 is 1.95 bits per heavy atom. The van der Waals surface area contributed by atoms with Crippen LogP contribution in [0.1, 0.15) is 27.7 Å². The van der Waals surface area contributed by atoms with Crippen LogP contribution in [0.5, 0.6) is 5.75 Å². The summed E-state index contributed by atoms with van der Waals surface area (Å²) < 4.78 is 5.71. The maximum absolute atomic E-state index is 6.16. The van der Waals surface area contributed by atoms with Gasteiger partial charge in [0, 0.05) is 13.1 Å². The van der Waals surface area contributed by atoms with Gasteiger partial charge in [0.2, 0.25) is 0 Å². The molecular formula is C16H29N3O. The highest BCUT2D eigenvalue weighted by molar-refractivity contribution is 5.73. The van der Waals surface area contributed by atoms with E-state index >= 15 is 0 Å². The molecule has 4 heteroatoms. The molecule has 4 nitrogen and oxygen atoms in total. The Hall–Kier alpha value is -1.42. The molecule has 0 radical (unpaired) electrons. The maximum atomic E-state index is 6.16. The summed E-state index contributed by atoms with van der Waals surface area (Å²) in [5, 5.41) is 3.44. The minimum atomic E-state index is 0.123. The fourth-order valence-electron chi connectivity index (χ4n) is 2.30. The molecule has 1 aromatic carbocycles. The van der Waals surface area contributed by atoms with Crippen molar-refractivity contribution in [2.75, 3.05) is 38.2 Å². The van der Waals surface area contributed by atoms with Gasteiger partial charge in [-0.05, 0) is 45.5 Å². The molecule has 0 saturated heterocycles. The van der Waals surface area contributed by atoms with Crippen LogP contribution in [0, 0.1) is 5.41 Å². The lowest BCUT2D eigenvalue weighted by atomic mass is 9.93. The fourth-order valence-corrected chi connectivity index (χ4v) is 2.30. The summed E-state index contributed by atoms with van der Waals surface area (Å²) in [7, 11) is 4.18. The Morgan fingerprint density at radius 1 is 1.30 bits per heavy atom. The van der Waals surface area contributed by atoms with Crippen LogP contribution >= 0.6 is 0 Å². The predicted octanol–water partition coefficient (Wildman–Crippen LogP) is 3.06. The number of benzene rings is 1. The number of nitrogens with zero attached hydrogens (tertiary/aromatic N) is 1. The highest BCUT2D eigenvalue weighted by atomic mass is 16.5. The van der Waals surface area contributed by atoms with E-state index < -0.39 is 0 Å². The molecule has 0 aromatic heterocycles. The fraction of sp³-hybridized carbons (Fsp3) is 0.625. The van der Waals surface area contributed by atoms with Crippen molar-refractivity contribution in [2.24, 2.45) is 5.41 Å². The zero-order valence-electron chi connectivity index (χ0n) is 13.7. The van der Waals surface area contributed by atoms with Crippen LogP contribution < -0.4 is 15.8 Å². The van der Waals surface area contributed by atoms with E-state index in [2.05, 4.69) is 38.2 Å². The molecule has 0 aliphatic carbocycles. The lowest BCUT2D eigenvalue weighted by molar-refractivity contribution is 0.243. The zero-order valence-corrected chi connectivity index (χ0v) is 13.7. The van der Waals surface area contributed by atoms with Gasteiger partial charge in [-0.25, -0.2) is 0 Å². The first-order valence-corrected chi connectivity index (χ1v) is 7.15. The van der Waals surface area contributed by atoms with Crippen LogP contribution in [-0.4, -0.2) is 38.2 Å². The summed E-state index contributed by atoms with van der Waals surface area (Å²) in [6.07, 6.45) is 0.123. The van der Waals surface area contributed by atoms with Crippen molar-refractivity contribution in [3.63, 3.8) is 0 Å². The van der Waals surface area contributed by atoms with Gasteiger partial charge in [-0.1, -0.05) is 19.9 Å². The second-order valence-electron chi connectivity index (χ2n) is 6.64. The van der Waals surface area contributed by atoms with Crippen molar-refractivity contribution in [2.45, 2.75) is 33.8 Å². The van der Waals surface area contributed by atoms with Gasteiger partial charge in [0.25, 0.3) is 0 Å². The average molecular weight is 279 g/mol. The van der Waals surface area contributed by atoms with Crippen LogP contribution in [0.25, 0.3) is 0 Å². The third-order valence-electron chi connectivity index (χ3n) is 2.93. The smallest absolute Gasteiger partial charge is 0.144 e. The first-order valence-electron chi connectivity index (χ1n) is 7.15. The van der Waals surface area contributed by atoms with Crippen LogP contribution in [0.15, 0.2) is 18.2 Å². The molecule has 0 amide bonds. The average Bonchev–Trinajstić information content (AvgIpc) is 2.28.